The highest BCUT2D eigenvalue weighted by Gasteiger charge is 2.33. The lowest BCUT2D eigenvalue weighted by Gasteiger charge is -2.14. The summed E-state index contributed by atoms with van der Waals surface area (Å²) in [4.78, 5) is 41.0. The molecule has 1 aliphatic rings. The number of aromatic nitrogens is 5. The first-order valence-electron chi connectivity index (χ1n) is 10.5. The van der Waals surface area contributed by atoms with Crippen LogP contribution >= 0.6 is 0 Å². The molecule has 3 heterocycles. The molecule has 0 saturated carbocycles. The molecular weight excluding hydrogens is 447 g/mol. The van der Waals surface area contributed by atoms with E-state index in [1.807, 2.05) is 0 Å². The van der Waals surface area contributed by atoms with Gasteiger partial charge in [-0.3, -0.25) is 14.7 Å². The predicted octanol–water partition coefficient (Wildman–Crippen LogP) is 2.07. The number of hydrogen-bond donors (Lipinski definition) is 1. The Morgan fingerprint density at radius 3 is 2.85 bits per heavy atom. The summed E-state index contributed by atoms with van der Waals surface area (Å²) in [5.74, 6) is -0.428. The Bertz CT molecular complexity index is 1200. The lowest BCUT2D eigenvalue weighted by Crippen LogP contribution is -2.34. The number of nitrogens with zero attached hydrogens (tertiary/aromatic N) is 7. The number of ether oxygens (including phenoxy) is 1. The number of cyclic esters (lactones) is 1. The zero-order valence-electron chi connectivity index (χ0n) is 18.2. The minimum Gasteiger partial charge on any atom is -0.442 e. The lowest BCUT2D eigenvalue weighted by molar-refractivity contribution is -0.121. The Hall–Kier alpha value is -4.29. The van der Waals surface area contributed by atoms with Gasteiger partial charge in [-0.25, -0.2) is 9.18 Å². The van der Waals surface area contributed by atoms with Crippen LogP contribution in [0, 0.1) is 10.7 Å². The van der Waals surface area contributed by atoms with Gasteiger partial charge in [0.05, 0.1) is 32.4 Å². The van der Waals surface area contributed by atoms with E-state index >= 15 is 0 Å². The molecule has 1 N–H and O–H groups in total. The summed E-state index contributed by atoms with van der Waals surface area (Å²) in [5, 5.41) is 17.1. The van der Waals surface area contributed by atoms with Crippen LogP contribution in [0.4, 0.5) is 14.9 Å². The zero-order chi connectivity index (χ0) is 24.1. The molecule has 34 heavy (non-hydrogen) atoms. The summed E-state index contributed by atoms with van der Waals surface area (Å²) in [6.45, 7) is 0.351. The van der Waals surface area contributed by atoms with Crippen molar-refractivity contribution in [1.82, 2.24) is 30.5 Å². The number of hydrogen-bond acceptors (Lipinski definition) is 9. The fourth-order valence-corrected chi connectivity index (χ4v) is 3.44. The van der Waals surface area contributed by atoms with Gasteiger partial charge in [0.1, 0.15) is 17.6 Å². The molecule has 13 heteroatoms. The van der Waals surface area contributed by atoms with E-state index < -0.39 is 18.0 Å². The predicted molar refractivity (Wildman–Crippen MR) is 118 cm³/mol. The van der Waals surface area contributed by atoms with Crippen molar-refractivity contribution < 1.29 is 18.7 Å². The second-order valence-corrected chi connectivity index (χ2v) is 7.58. The Labute approximate surface area is 193 Å². The molecule has 0 spiro atoms. The van der Waals surface area contributed by atoms with Crippen LogP contribution in [-0.2, 0) is 16.6 Å². The molecule has 3 aromatic rings. The Kier molecular flexibility index (Phi) is 6.80. The minimum atomic E-state index is -0.626. The van der Waals surface area contributed by atoms with E-state index in [4.69, 9.17) is 4.74 Å². The molecule has 176 valence electrons. The average Bonchev–Trinajstić information content (AvgIpc) is 3.43. The fourth-order valence-electron chi connectivity index (χ4n) is 3.44. The molecule has 2 aromatic heterocycles. The Morgan fingerprint density at radius 1 is 1.32 bits per heavy atom. The third-order valence-electron chi connectivity index (χ3n) is 5.13. The van der Waals surface area contributed by atoms with Gasteiger partial charge in [0, 0.05) is 23.7 Å². The summed E-state index contributed by atoms with van der Waals surface area (Å²) in [7, 11) is 1.65. The maximum absolute atomic E-state index is 14.9. The average molecular weight is 468 g/mol. The van der Waals surface area contributed by atoms with Crippen molar-refractivity contribution in [3.05, 3.63) is 47.3 Å². The summed E-state index contributed by atoms with van der Waals surface area (Å²) >= 11 is 0. The molecule has 0 aliphatic carbocycles. The number of nitroso groups, excluding NO2 is 1. The number of nitrogens with one attached hydrogen (secondary N) is 1. The molecule has 1 atom stereocenters. The number of pyridine rings is 1. The van der Waals surface area contributed by atoms with Crippen molar-refractivity contribution in [3.8, 4) is 22.6 Å². The summed E-state index contributed by atoms with van der Waals surface area (Å²) in [6, 6.07) is 7.80. The molecule has 12 nitrogen and oxygen atoms in total. The van der Waals surface area contributed by atoms with Crippen LogP contribution in [-0.4, -0.2) is 62.9 Å². The van der Waals surface area contributed by atoms with Gasteiger partial charge < -0.3 is 10.1 Å². The number of carbonyl (C=O) groups excluding carboxylic acids is 2. The first-order chi connectivity index (χ1) is 16.4. The van der Waals surface area contributed by atoms with E-state index in [9.17, 15) is 18.9 Å². The van der Waals surface area contributed by atoms with Crippen molar-refractivity contribution in [1.29, 1.82) is 0 Å². The molecule has 0 bridgehead atoms. The molecule has 1 aromatic carbocycles. The minimum absolute atomic E-state index is 0.0697. The van der Waals surface area contributed by atoms with Gasteiger partial charge in [-0.2, -0.15) is 9.70 Å². The van der Waals surface area contributed by atoms with E-state index in [1.54, 1.807) is 31.3 Å². The first-order valence-corrected chi connectivity index (χ1v) is 10.5. The second kappa shape index (κ2) is 10.1. The van der Waals surface area contributed by atoms with E-state index in [1.165, 1.54) is 22.0 Å². The third kappa shape index (κ3) is 5.19. The molecule has 1 fully saturated rings. The summed E-state index contributed by atoms with van der Waals surface area (Å²) in [5.41, 5.74) is 1.71. The van der Waals surface area contributed by atoms with Crippen molar-refractivity contribution >= 4 is 17.7 Å². The highest BCUT2D eigenvalue weighted by atomic mass is 19.1. The van der Waals surface area contributed by atoms with E-state index in [2.05, 4.69) is 30.9 Å². The number of aryl methyl sites for hydroxylation is 1. The monoisotopic (exact) mass is 468 g/mol. The van der Waals surface area contributed by atoms with E-state index in [0.717, 1.165) is 0 Å². The number of carbonyl (C=O) groups is 2. The number of halogens is 1. The highest BCUT2D eigenvalue weighted by molar-refractivity contribution is 5.90. The smallest absolute Gasteiger partial charge is 0.414 e. The van der Waals surface area contributed by atoms with Crippen LogP contribution in [0.1, 0.15) is 12.8 Å². The summed E-state index contributed by atoms with van der Waals surface area (Å²) in [6.07, 6.45) is 0.826. The van der Waals surface area contributed by atoms with Crippen LogP contribution in [0.3, 0.4) is 0 Å². The van der Waals surface area contributed by atoms with Crippen LogP contribution < -0.4 is 10.2 Å². The summed E-state index contributed by atoms with van der Waals surface area (Å²) < 4.78 is 20.2. The van der Waals surface area contributed by atoms with Crippen LogP contribution in [0.15, 0.2) is 41.7 Å². The van der Waals surface area contributed by atoms with Crippen molar-refractivity contribution in [3.63, 3.8) is 0 Å². The molecule has 1 saturated heterocycles. The third-order valence-corrected chi connectivity index (χ3v) is 5.13. The molecule has 2 amide bonds. The topological polar surface area (TPSA) is 145 Å². The maximum Gasteiger partial charge on any atom is 0.414 e. The van der Waals surface area contributed by atoms with Crippen LogP contribution in [0.25, 0.3) is 22.6 Å². The lowest BCUT2D eigenvalue weighted by atomic mass is 10.1. The number of rotatable bonds is 9. The molecular formula is C21H21FN8O4. The van der Waals surface area contributed by atoms with Gasteiger partial charge in [-0.05, 0) is 35.9 Å². The number of tetrazole rings is 1. The number of anilines is 1. The van der Waals surface area contributed by atoms with Crippen molar-refractivity contribution in [2.75, 3.05) is 24.5 Å². The first kappa shape index (κ1) is 22.9. The fraction of sp³-hybridized carbons (Fsp3) is 0.333. The largest absolute Gasteiger partial charge is 0.442 e. The quantitative estimate of drug-likeness (QED) is 0.371. The van der Waals surface area contributed by atoms with E-state index in [-0.39, 0.29) is 32.0 Å². The van der Waals surface area contributed by atoms with Crippen molar-refractivity contribution in [2.24, 2.45) is 12.2 Å². The van der Waals surface area contributed by atoms with Crippen LogP contribution in [0.5, 0.6) is 0 Å². The zero-order valence-corrected chi connectivity index (χ0v) is 18.2. The van der Waals surface area contributed by atoms with E-state index in [0.29, 0.717) is 34.8 Å². The number of amides is 2. The molecule has 1 aliphatic heterocycles. The second-order valence-electron chi connectivity index (χ2n) is 7.58. The van der Waals surface area contributed by atoms with Gasteiger partial charge in [0.25, 0.3) is 0 Å². The number of benzene rings is 1. The molecule has 0 radical (unpaired) electrons. The highest BCUT2D eigenvalue weighted by Crippen LogP contribution is 2.29. The standard InChI is InChI=1S/C21H21FN8O4/c1-29-27-20(26-28-29)18-7-4-13(10-23-18)16-6-5-14(9-17(16)22)30-12-15(34-21(30)32)11-24-19(31)3-2-8-25-33/h4-7,9-10,15H,2-3,8,11-12H2,1H3,(H,24,31)/t15-/m0/s1. The van der Waals surface area contributed by atoms with Gasteiger partial charge in [-0.15, -0.1) is 10.2 Å². The Morgan fingerprint density at radius 2 is 2.18 bits per heavy atom. The maximum atomic E-state index is 14.9. The van der Waals surface area contributed by atoms with Gasteiger partial charge in [0.15, 0.2) is 0 Å². The van der Waals surface area contributed by atoms with Gasteiger partial charge in [-0.1, -0.05) is 11.2 Å². The van der Waals surface area contributed by atoms with Crippen molar-refractivity contribution in [2.45, 2.75) is 18.9 Å². The normalized spacial score (nSPS) is 15.3. The van der Waals surface area contributed by atoms with Crippen LogP contribution in [0.2, 0.25) is 0 Å². The Balaban J connectivity index is 1.39. The molecule has 0 unspecified atom stereocenters. The molecule has 4 rings (SSSR count). The van der Waals surface area contributed by atoms with Gasteiger partial charge >= 0.3 is 6.09 Å². The van der Waals surface area contributed by atoms with Gasteiger partial charge in [0.2, 0.25) is 11.7 Å². The SMILES string of the molecule is Cn1nnc(-c2ccc(-c3ccc(N4C[C@H](CNC(=O)CCCN=O)OC4=O)cc3F)cn2)n1.